The molecule has 0 aromatic rings. The molecule has 119 heavy (non-hydrogen) atoms. The van der Waals surface area contributed by atoms with Gasteiger partial charge in [0.1, 0.15) is 35.9 Å². The highest BCUT2D eigenvalue weighted by Gasteiger charge is 2.62. The number of phosphoric ester groups is 1. The fourth-order valence-corrected chi connectivity index (χ4v) is 15.9. The number of amides is 5. The smallest absolute Gasteiger partial charge is 0.474 e. The van der Waals surface area contributed by atoms with Crippen LogP contribution in [0.4, 0.5) is 4.79 Å². The Kier molecular flexibility index (Phi) is 38.1. The van der Waals surface area contributed by atoms with Crippen molar-refractivity contribution in [1.82, 2.24) is 16.0 Å². The van der Waals surface area contributed by atoms with Crippen LogP contribution in [0.25, 0.3) is 0 Å². The van der Waals surface area contributed by atoms with Gasteiger partial charge in [0.15, 0.2) is 73.9 Å². The number of primary amides is 2. The van der Waals surface area contributed by atoms with Crippen LogP contribution in [-0.2, 0) is 128 Å². The lowest BCUT2D eigenvalue weighted by Gasteiger charge is -2.52. The number of rotatable bonds is 40. The number of esters is 4. The normalized spacial score (nSPS) is 33.4. The van der Waals surface area contributed by atoms with Gasteiger partial charge in [0.25, 0.3) is 5.91 Å². The van der Waals surface area contributed by atoms with E-state index in [1.165, 1.54) is 31.9 Å². The fourth-order valence-electron chi connectivity index (χ4n) is 15.1. The van der Waals surface area contributed by atoms with E-state index < -0.39 is 238 Å². The second-order valence-electron chi connectivity index (χ2n) is 33.0. The molecule has 0 aromatic carbocycles. The predicted octanol–water partition coefficient (Wildman–Crippen LogP) is 7.42. The number of nitrogens with two attached hydrogens (primary N) is 2. The molecule has 10 N–H and O–H groups in total. The summed E-state index contributed by atoms with van der Waals surface area (Å²) in [5, 5.41) is 30.9. The van der Waals surface area contributed by atoms with Crippen LogP contribution in [0.2, 0.25) is 0 Å². The summed E-state index contributed by atoms with van der Waals surface area (Å²) in [7, 11) is -4.69. The molecule has 5 amide bonds. The minimum absolute atomic E-state index is 0.0149. The van der Waals surface area contributed by atoms with Crippen LogP contribution in [0.15, 0.2) is 70.7 Å². The van der Waals surface area contributed by atoms with Crippen molar-refractivity contribution in [3.8, 4) is 0 Å². The van der Waals surface area contributed by atoms with E-state index in [1.54, 1.807) is 54.5 Å². The van der Waals surface area contributed by atoms with E-state index in [4.69, 9.17) is 91.6 Å². The van der Waals surface area contributed by atoms with Crippen LogP contribution < -0.4 is 27.4 Å². The molecular weight excluding hydrogens is 1580 g/mol. The number of ketones is 1. The van der Waals surface area contributed by atoms with Crippen LogP contribution in [0.1, 0.15) is 189 Å². The van der Waals surface area contributed by atoms with E-state index in [-0.39, 0.29) is 42.9 Å². The first kappa shape index (κ1) is 100. The number of hydrogen-bond donors (Lipinski definition) is 8. The highest BCUT2D eigenvalue weighted by molar-refractivity contribution is 7.47. The molecule has 0 saturated carbocycles. The Morgan fingerprint density at radius 1 is 0.655 bits per heavy atom. The number of phosphoric acid groups is 1. The first-order valence-corrected chi connectivity index (χ1v) is 41.8. The largest absolute Gasteiger partial charge is 0.510 e. The topological polar surface area (TPSA) is 493 Å². The average molecular weight is 1710 g/mol. The van der Waals surface area contributed by atoms with E-state index >= 15 is 0 Å². The van der Waals surface area contributed by atoms with Crippen molar-refractivity contribution in [3.63, 3.8) is 0 Å². The van der Waals surface area contributed by atoms with Crippen molar-refractivity contribution in [3.05, 3.63) is 70.7 Å². The zero-order chi connectivity index (χ0) is 89.0. The summed E-state index contributed by atoms with van der Waals surface area (Å²) in [6.45, 7) is 33.1. The first-order valence-electron chi connectivity index (χ1n) is 40.3. The van der Waals surface area contributed by atoms with E-state index in [0.29, 0.717) is 12.8 Å². The van der Waals surface area contributed by atoms with Crippen molar-refractivity contribution in [2.24, 2.45) is 52.4 Å². The lowest BCUT2D eigenvalue weighted by Crippen LogP contribution is -2.71. The third-order valence-corrected chi connectivity index (χ3v) is 23.3. The maximum absolute atomic E-state index is 14.5. The highest BCUT2D eigenvalue weighted by Crippen LogP contribution is 2.50. The molecule has 0 bridgehead atoms. The van der Waals surface area contributed by atoms with Crippen molar-refractivity contribution in [1.29, 1.82) is 0 Å². The lowest BCUT2D eigenvalue weighted by molar-refractivity contribution is -0.367. The molecular formula is C82H128N5O31P. The Labute approximate surface area is 696 Å². The molecule has 6 aliphatic rings. The number of nitrogens with one attached hydrogen (secondary N) is 3. The van der Waals surface area contributed by atoms with Crippen molar-refractivity contribution >= 4 is 67.2 Å². The standard InChI is InChI=1S/C82H128N5O31P/c1-40(2)25-24-27-41(3)28-29-43(5)32-35-81(18,19)34-23-22-26-42(4)33-36-103-60(74(97)102-21)39-106-119(100,101)118-79-69(70(117-80(84)98)82(20,99)71(116-79)72(83)95)115-76-62(86-52(14)89)49(11)65(59(111-76)38-105-77-67(108-54(16)91)45(7)44(6)58(110-77)37-104-53(15)90)113-75-61(85-51(13)88)48(10)64(50(12)107-75)112-78-68(109-55(17)92)47(9)46(8)66(114-78)73(96)87-63-56(93)30-31-57(63)94/h23,25,28,33-34,44-50,58-62,64-71,75-79,93,99H,5,22,24,26-27,29-32,35-39H2,1-4,6-21H3,(H2,83,95)(H2,84,98)(H,85,88)(H,86,89)(H,87,96)(H,100,101)/b34-23+,41-28+,42-33-/t44-,45-,46+,47-,48+,49+,50?,58?,59?,60+,61?,62?,64-,65-,66?,67?,68?,69?,70+,71?,75-,76-,77+,78+,79+,82-/m0/s1. The second-order valence-corrected chi connectivity index (χ2v) is 34.4. The molecule has 5 saturated heterocycles. The van der Waals surface area contributed by atoms with Crippen LogP contribution in [0, 0.1) is 40.9 Å². The third kappa shape index (κ3) is 29.1. The Hall–Kier alpha value is -7.39. The molecule has 5 aliphatic heterocycles. The number of aliphatic hydroxyl groups is 2. The third-order valence-electron chi connectivity index (χ3n) is 22.4. The number of hydrogen-bond acceptors (Lipinski definition) is 30. The van der Waals surface area contributed by atoms with Gasteiger partial charge < -0.3 is 114 Å². The van der Waals surface area contributed by atoms with Gasteiger partial charge in [-0.3, -0.25) is 47.4 Å². The molecule has 36 nitrogen and oxygen atoms in total. The first-order chi connectivity index (χ1) is 55.6. The molecule has 11 unspecified atom stereocenters. The Balaban J connectivity index is 1.33. The molecule has 0 aromatic heterocycles. The molecule has 5 fully saturated rings. The molecule has 0 spiro atoms. The highest BCUT2D eigenvalue weighted by atomic mass is 31.2. The molecule has 6 rings (SSSR count). The summed E-state index contributed by atoms with van der Waals surface area (Å²) in [5.41, 5.74) is 12.9. The van der Waals surface area contributed by atoms with Crippen molar-refractivity contribution in [2.75, 3.05) is 33.5 Å². The van der Waals surface area contributed by atoms with Gasteiger partial charge in [-0.15, -0.1) is 0 Å². The second kappa shape index (κ2) is 45.1. The summed E-state index contributed by atoms with van der Waals surface area (Å²) in [4.78, 5) is 143. The predicted molar refractivity (Wildman–Crippen MR) is 424 cm³/mol. The Morgan fingerprint density at radius 3 is 1.80 bits per heavy atom. The lowest BCUT2D eigenvalue weighted by atomic mass is 9.82. The van der Waals surface area contributed by atoms with E-state index in [0.717, 1.165) is 71.1 Å². The molecule has 5 heterocycles. The summed E-state index contributed by atoms with van der Waals surface area (Å²) in [6.07, 6.45) is -12.8. The molecule has 27 atom stereocenters. The number of Topliss-reactive ketones (excluding diaryl/α,β-unsaturated/α-hetero) is 1. The summed E-state index contributed by atoms with van der Waals surface area (Å²) >= 11 is 0. The van der Waals surface area contributed by atoms with Crippen LogP contribution >= 0.6 is 7.82 Å². The quantitative estimate of drug-likeness (QED) is 0.0128. The SMILES string of the molecule is C=C(C/C=C(\C)CCC=C(C)C)CCC(C)(C)/C=C/CC/C(C)=C\CO[C@H](COP(=O)(O)O[C@H]1OC(C(N)=O)[C@@](C)(O)[C@H](OC(N)=O)C1O[C@@H]1OC(CO[C@@H]2OC(COC(C)=O)[C@@H](C)[C@H](C)C2OC(C)=O)[C@@H](O[C@@H]2OC(C)[C@@H](O[C@@H]3OC(C(=O)NC4=C(O)CCC4=O)[C@H](C)[C@H](C)C3OC(C)=O)[C@H](C)C2NC(C)=O)[C@H](C)C1NC(C)=O)C(=O)OC. The number of ether oxygens (including phenoxy) is 15. The van der Waals surface area contributed by atoms with Gasteiger partial charge in [0.2, 0.25) is 17.7 Å². The number of allylic oxidation sites excluding steroid dienone is 10. The summed E-state index contributed by atoms with van der Waals surface area (Å²) in [5.74, 6) is -12.0. The minimum atomic E-state index is -5.73. The van der Waals surface area contributed by atoms with Gasteiger partial charge in [-0.1, -0.05) is 115 Å². The van der Waals surface area contributed by atoms with Crippen molar-refractivity contribution < 1.29 is 148 Å². The van der Waals surface area contributed by atoms with Gasteiger partial charge in [-0.05, 0) is 104 Å². The van der Waals surface area contributed by atoms with Crippen LogP contribution in [0.5, 0.6) is 0 Å². The van der Waals surface area contributed by atoms with E-state index in [1.807, 2.05) is 6.92 Å². The Bertz CT molecular complexity index is 3760. The zero-order valence-electron chi connectivity index (χ0n) is 72.1. The zero-order valence-corrected chi connectivity index (χ0v) is 73.0. The van der Waals surface area contributed by atoms with Gasteiger partial charge >= 0.3 is 37.8 Å². The maximum atomic E-state index is 14.5. The van der Waals surface area contributed by atoms with E-state index in [2.05, 4.69) is 81.5 Å². The Morgan fingerprint density at radius 2 is 1.23 bits per heavy atom. The van der Waals surface area contributed by atoms with E-state index in [9.17, 15) is 67.6 Å². The monoisotopic (exact) mass is 1710 g/mol. The molecule has 0 radical (unpaired) electrons. The number of aliphatic hydroxyl groups excluding tert-OH is 1. The average Bonchev–Trinajstić information content (AvgIpc) is 1.21. The van der Waals surface area contributed by atoms with Crippen LogP contribution in [-0.4, -0.2) is 230 Å². The van der Waals surface area contributed by atoms with Gasteiger partial charge in [0.05, 0.1) is 63.4 Å². The molecule has 1 aliphatic carbocycles. The van der Waals surface area contributed by atoms with Gasteiger partial charge in [-0.2, -0.15) is 0 Å². The van der Waals surface area contributed by atoms with Crippen LogP contribution in [0.3, 0.4) is 0 Å². The number of carbonyl (C=O) groups is 10. The summed E-state index contributed by atoms with van der Waals surface area (Å²) < 4.78 is 118. The molecule has 672 valence electrons. The fraction of sp³-hybridized carbons (Fsp3) is 0.732. The maximum Gasteiger partial charge on any atom is 0.474 e. The van der Waals surface area contributed by atoms with Gasteiger partial charge in [0, 0.05) is 71.1 Å². The van der Waals surface area contributed by atoms with Gasteiger partial charge in [-0.25, -0.2) is 14.2 Å². The molecule has 37 heteroatoms. The van der Waals surface area contributed by atoms with Crippen molar-refractivity contribution in [2.45, 2.75) is 312 Å². The number of methoxy groups -OCH3 is 1. The minimum Gasteiger partial charge on any atom is -0.510 e. The number of carbonyl (C=O) groups excluding carboxylic acids is 10. The summed E-state index contributed by atoms with van der Waals surface area (Å²) in [6, 6.07) is -2.76.